The van der Waals surface area contributed by atoms with E-state index in [-0.39, 0.29) is 6.61 Å². The predicted molar refractivity (Wildman–Crippen MR) is 69.0 cm³/mol. The van der Waals surface area contributed by atoms with Gasteiger partial charge < -0.3 is 20.3 Å². The molecule has 0 bridgehead atoms. The van der Waals surface area contributed by atoms with Gasteiger partial charge in [-0.2, -0.15) is 0 Å². The number of halogens is 2. The molecule has 0 radical (unpaired) electrons. The number of hydrogen-bond donors (Lipinski definition) is 2. The topological polar surface area (TPSA) is 64.7 Å². The minimum Gasteiger partial charge on any atom is -0.493 e. The van der Waals surface area contributed by atoms with Gasteiger partial charge >= 0.3 is 0 Å². The molecule has 0 spiro atoms. The van der Waals surface area contributed by atoms with Crippen molar-refractivity contribution in [1.82, 2.24) is 0 Å². The number of rotatable bonds is 4. The molecule has 3 N–H and O–H groups in total. The molecule has 0 aliphatic heterocycles. The van der Waals surface area contributed by atoms with Crippen molar-refractivity contribution in [2.45, 2.75) is 6.04 Å². The Balaban J connectivity index is 3.46. The van der Waals surface area contributed by atoms with Crippen molar-refractivity contribution in [1.29, 1.82) is 0 Å². The molecule has 1 rings (SSSR count). The van der Waals surface area contributed by atoms with Crippen LogP contribution in [-0.4, -0.2) is 25.9 Å². The predicted octanol–water partition coefficient (Wildman–Crippen LogP) is 2.22. The minimum absolute atomic E-state index is 0.172. The normalized spacial score (nSPS) is 12.4. The van der Waals surface area contributed by atoms with Gasteiger partial charge in [-0.3, -0.25) is 0 Å². The van der Waals surface area contributed by atoms with E-state index in [9.17, 15) is 0 Å². The van der Waals surface area contributed by atoms with E-state index in [4.69, 9.17) is 20.3 Å². The van der Waals surface area contributed by atoms with E-state index < -0.39 is 6.04 Å². The summed E-state index contributed by atoms with van der Waals surface area (Å²) >= 11 is 6.78. The SMILES string of the molecule is COc1cc(Br)c(Br)c([C@@H](N)CO)c1OC. The Hall–Kier alpha value is -0.300. The van der Waals surface area contributed by atoms with Crippen LogP contribution in [0.1, 0.15) is 11.6 Å². The molecule has 16 heavy (non-hydrogen) atoms. The van der Waals surface area contributed by atoms with E-state index in [0.29, 0.717) is 17.1 Å². The zero-order chi connectivity index (χ0) is 12.3. The second kappa shape index (κ2) is 5.86. The molecule has 1 aromatic rings. The summed E-state index contributed by atoms with van der Waals surface area (Å²) in [5.41, 5.74) is 6.50. The Kier molecular flexibility index (Phi) is 5.04. The number of hydrogen-bond acceptors (Lipinski definition) is 4. The fraction of sp³-hybridized carbons (Fsp3) is 0.400. The van der Waals surface area contributed by atoms with Crippen molar-refractivity contribution in [2.75, 3.05) is 20.8 Å². The van der Waals surface area contributed by atoms with E-state index >= 15 is 0 Å². The van der Waals surface area contributed by atoms with Crippen molar-refractivity contribution in [2.24, 2.45) is 5.73 Å². The Morgan fingerprint density at radius 2 is 2.00 bits per heavy atom. The van der Waals surface area contributed by atoms with Gasteiger partial charge in [-0.1, -0.05) is 0 Å². The third kappa shape index (κ3) is 2.51. The van der Waals surface area contributed by atoms with Crippen LogP contribution in [-0.2, 0) is 0 Å². The lowest BCUT2D eigenvalue weighted by atomic mass is 10.1. The maximum absolute atomic E-state index is 9.13. The minimum atomic E-state index is -0.532. The standard InChI is InChI=1S/C10H13Br2NO3/c1-15-7-3-5(11)9(12)8(6(13)4-14)10(7)16-2/h3,6,14H,4,13H2,1-2H3/t6-/m0/s1. The average molecular weight is 355 g/mol. The van der Waals surface area contributed by atoms with E-state index in [1.165, 1.54) is 7.11 Å². The summed E-state index contributed by atoms with van der Waals surface area (Å²) in [6, 6.07) is 1.24. The second-order valence-electron chi connectivity index (χ2n) is 3.11. The summed E-state index contributed by atoms with van der Waals surface area (Å²) in [6.45, 7) is -0.172. The number of methoxy groups -OCH3 is 2. The first-order valence-corrected chi connectivity index (χ1v) is 6.11. The van der Waals surface area contributed by atoms with E-state index in [0.717, 1.165) is 8.95 Å². The van der Waals surface area contributed by atoms with Crippen molar-refractivity contribution in [3.63, 3.8) is 0 Å². The zero-order valence-electron chi connectivity index (χ0n) is 8.96. The molecule has 1 atom stereocenters. The van der Waals surface area contributed by atoms with Gasteiger partial charge in [0.1, 0.15) is 0 Å². The lowest BCUT2D eigenvalue weighted by Crippen LogP contribution is -2.16. The second-order valence-corrected chi connectivity index (χ2v) is 4.76. The number of ether oxygens (including phenoxy) is 2. The molecule has 6 heteroatoms. The maximum Gasteiger partial charge on any atom is 0.166 e. The molecule has 0 aliphatic carbocycles. The van der Waals surface area contributed by atoms with Crippen LogP contribution in [0.4, 0.5) is 0 Å². The number of nitrogens with two attached hydrogens (primary N) is 1. The molecule has 0 amide bonds. The lowest BCUT2D eigenvalue weighted by molar-refractivity contribution is 0.262. The lowest BCUT2D eigenvalue weighted by Gasteiger charge is -2.19. The van der Waals surface area contributed by atoms with Crippen molar-refractivity contribution in [3.05, 3.63) is 20.6 Å². The van der Waals surface area contributed by atoms with Crippen LogP contribution in [0.5, 0.6) is 11.5 Å². The van der Waals surface area contributed by atoms with Gasteiger partial charge in [-0.25, -0.2) is 0 Å². The quantitative estimate of drug-likeness (QED) is 0.870. The zero-order valence-corrected chi connectivity index (χ0v) is 12.1. The highest BCUT2D eigenvalue weighted by atomic mass is 79.9. The van der Waals surface area contributed by atoms with Crippen LogP contribution >= 0.6 is 31.9 Å². The van der Waals surface area contributed by atoms with Crippen molar-refractivity contribution >= 4 is 31.9 Å². The molecule has 0 aliphatic rings. The van der Waals surface area contributed by atoms with Crippen LogP contribution < -0.4 is 15.2 Å². The third-order valence-electron chi connectivity index (χ3n) is 2.16. The van der Waals surface area contributed by atoms with Gasteiger partial charge in [0.15, 0.2) is 11.5 Å². The Labute approximate surface area is 111 Å². The highest BCUT2D eigenvalue weighted by Gasteiger charge is 2.21. The molecule has 4 nitrogen and oxygen atoms in total. The fourth-order valence-corrected chi connectivity index (χ4v) is 2.40. The van der Waals surface area contributed by atoms with Gasteiger partial charge in [0.2, 0.25) is 0 Å². The summed E-state index contributed by atoms with van der Waals surface area (Å²) in [6.07, 6.45) is 0. The summed E-state index contributed by atoms with van der Waals surface area (Å²) in [5.74, 6) is 1.09. The Morgan fingerprint density at radius 1 is 1.38 bits per heavy atom. The van der Waals surface area contributed by atoms with Gasteiger partial charge in [0.05, 0.1) is 26.9 Å². The van der Waals surface area contributed by atoms with Gasteiger partial charge in [-0.15, -0.1) is 0 Å². The Morgan fingerprint density at radius 3 is 2.44 bits per heavy atom. The fourth-order valence-electron chi connectivity index (χ4n) is 1.39. The molecule has 0 aromatic heterocycles. The van der Waals surface area contributed by atoms with Gasteiger partial charge in [0, 0.05) is 14.5 Å². The number of aliphatic hydroxyl groups is 1. The van der Waals surface area contributed by atoms with Crippen LogP contribution in [0.3, 0.4) is 0 Å². The average Bonchev–Trinajstić information content (AvgIpc) is 2.30. The Bertz CT molecular complexity index is 385. The van der Waals surface area contributed by atoms with Crippen LogP contribution in [0.25, 0.3) is 0 Å². The molecule has 0 saturated carbocycles. The molecular weight excluding hydrogens is 342 g/mol. The molecular formula is C10H13Br2NO3. The highest BCUT2D eigenvalue weighted by molar-refractivity contribution is 9.13. The summed E-state index contributed by atoms with van der Waals surface area (Å²) < 4.78 is 12.0. The molecule has 1 aromatic carbocycles. The maximum atomic E-state index is 9.13. The summed E-state index contributed by atoms with van der Waals surface area (Å²) in [4.78, 5) is 0. The monoisotopic (exact) mass is 353 g/mol. The first kappa shape index (κ1) is 13.8. The first-order chi connectivity index (χ1) is 7.56. The molecule has 0 unspecified atom stereocenters. The van der Waals surface area contributed by atoms with Crippen LogP contribution in [0, 0.1) is 0 Å². The van der Waals surface area contributed by atoms with E-state index in [1.54, 1.807) is 13.2 Å². The molecule has 90 valence electrons. The van der Waals surface area contributed by atoms with Crippen LogP contribution in [0.15, 0.2) is 15.0 Å². The molecule has 0 heterocycles. The van der Waals surface area contributed by atoms with Crippen molar-refractivity contribution in [3.8, 4) is 11.5 Å². The molecule has 0 saturated heterocycles. The summed E-state index contributed by atoms with van der Waals surface area (Å²) in [7, 11) is 3.08. The van der Waals surface area contributed by atoms with Gasteiger partial charge in [0.25, 0.3) is 0 Å². The number of benzene rings is 1. The van der Waals surface area contributed by atoms with E-state index in [1.807, 2.05) is 0 Å². The highest BCUT2D eigenvalue weighted by Crippen LogP contribution is 2.43. The first-order valence-electron chi connectivity index (χ1n) is 4.53. The molecule has 0 fully saturated rings. The smallest absolute Gasteiger partial charge is 0.166 e. The summed E-state index contributed by atoms with van der Waals surface area (Å²) in [5, 5.41) is 9.13. The largest absolute Gasteiger partial charge is 0.493 e. The third-order valence-corrected chi connectivity index (χ3v) is 4.18. The van der Waals surface area contributed by atoms with Gasteiger partial charge in [-0.05, 0) is 37.9 Å². The number of aliphatic hydroxyl groups excluding tert-OH is 1. The van der Waals surface area contributed by atoms with Crippen molar-refractivity contribution < 1.29 is 14.6 Å². The van der Waals surface area contributed by atoms with Crippen LogP contribution in [0.2, 0.25) is 0 Å². The van der Waals surface area contributed by atoms with E-state index in [2.05, 4.69) is 31.9 Å².